The Kier molecular flexibility index (Phi) is 3.98. The molecule has 0 saturated heterocycles. The normalized spacial score (nSPS) is 11.0. The van der Waals surface area contributed by atoms with Crippen LogP contribution >= 0.6 is 11.8 Å². The predicted molar refractivity (Wildman–Crippen MR) is 78.2 cm³/mol. The number of hydrogen-bond acceptors (Lipinski definition) is 7. The quantitative estimate of drug-likeness (QED) is 0.715. The number of benzene rings is 1. The van der Waals surface area contributed by atoms with Crippen LogP contribution in [0.2, 0.25) is 0 Å². The minimum Gasteiger partial charge on any atom is -0.420 e. The van der Waals surface area contributed by atoms with E-state index in [0.717, 1.165) is 16.5 Å². The molecule has 7 nitrogen and oxygen atoms in total. The van der Waals surface area contributed by atoms with Gasteiger partial charge >= 0.3 is 0 Å². The summed E-state index contributed by atoms with van der Waals surface area (Å²) >= 11 is 1.48. The molecule has 0 bridgehead atoms. The maximum atomic E-state index is 5.64. The van der Waals surface area contributed by atoms with E-state index in [-0.39, 0.29) is 0 Å². The third-order valence-corrected chi connectivity index (χ3v) is 3.92. The SMILES string of the molecule is Cn1c(CN)nnc1SCc1nnc(-c2ccccc2)o1. The smallest absolute Gasteiger partial charge is 0.247 e. The highest BCUT2D eigenvalue weighted by molar-refractivity contribution is 7.98. The lowest BCUT2D eigenvalue weighted by Gasteiger charge is -1.99. The van der Waals surface area contributed by atoms with Crippen molar-refractivity contribution in [1.82, 2.24) is 25.0 Å². The monoisotopic (exact) mass is 302 g/mol. The first-order valence-corrected chi connectivity index (χ1v) is 7.35. The Morgan fingerprint density at radius 2 is 1.95 bits per heavy atom. The molecule has 8 heteroatoms. The average Bonchev–Trinajstić information content (AvgIpc) is 3.13. The highest BCUT2D eigenvalue weighted by Gasteiger charge is 2.12. The Balaban J connectivity index is 1.69. The van der Waals surface area contributed by atoms with Gasteiger partial charge in [0.1, 0.15) is 5.82 Å². The zero-order valence-electron chi connectivity index (χ0n) is 11.4. The Morgan fingerprint density at radius 1 is 1.14 bits per heavy atom. The van der Waals surface area contributed by atoms with Crippen LogP contribution < -0.4 is 5.73 Å². The molecule has 108 valence electrons. The van der Waals surface area contributed by atoms with Gasteiger partial charge < -0.3 is 14.7 Å². The molecule has 3 rings (SSSR count). The first-order valence-electron chi connectivity index (χ1n) is 6.37. The summed E-state index contributed by atoms with van der Waals surface area (Å²) in [7, 11) is 1.88. The largest absolute Gasteiger partial charge is 0.420 e. The molecule has 0 aliphatic heterocycles. The van der Waals surface area contributed by atoms with E-state index >= 15 is 0 Å². The van der Waals surface area contributed by atoms with Crippen LogP contribution in [0.1, 0.15) is 11.7 Å². The Hall–Kier alpha value is -2.19. The van der Waals surface area contributed by atoms with Crippen molar-refractivity contribution in [3.8, 4) is 11.5 Å². The van der Waals surface area contributed by atoms with Gasteiger partial charge in [-0.1, -0.05) is 30.0 Å². The van der Waals surface area contributed by atoms with E-state index in [1.54, 1.807) is 0 Å². The van der Waals surface area contributed by atoms with Crippen molar-refractivity contribution in [3.63, 3.8) is 0 Å². The number of aromatic nitrogens is 5. The van der Waals surface area contributed by atoms with E-state index in [4.69, 9.17) is 10.2 Å². The number of thioether (sulfide) groups is 1. The molecule has 0 amide bonds. The van der Waals surface area contributed by atoms with E-state index in [9.17, 15) is 0 Å². The number of nitrogens with two attached hydrogens (primary N) is 1. The lowest BCUT2D eigenvalue weighted by atomic mass is 10.2. The fourth-order valence-corrected chi connectivity index (χ4v) is 2.55. The molecule has 0 radical (unpaired) electrons. The summed E-state index contributed by atoms with van der Waals surface area (Å²) in [6.07, 6.45) is 0. The number of rotatable bonds is 5. The van der Waals surface area contributed by atoms with Crippen LogP contribution in [0.3, 0.4) is 0 Å². The average molecular weight is 302 g/mol. The summed E-state index contributed by atoms with van der Waals surface area (Å²) in [5, 5.41) is 16.9. The third kappa shape index (κ3) is 2.96. The molecule has 2 heterocycles. The summed E-state index contributed by atoms with van der Waals surface area (Å²) in [6, 6.07) is 9.67. The van der Waals surface area contributed by atoms with Crippen molar-refractivity contribution in [3.05, 3.63) is 42.0 Å². The molecular weight excluding hydrogens is 288 g/mol. The van der Waals surface area contributed by atoms with Crippen molar-refractivity contribution < 1.29 is 4.42 Å². The number of nitrogens with zero attached hydrogens (tertiary/aromatic N) is 5. The predicted octanol–water partition coefficient (Wildman–Crippen LogP) is 1.62. The lowest BCUT2D eigenvalue weighted by Crippen LogP contribution is -2.05. The molecule has 1 aromatic carbocycles. The first-order chi connectivity index (χ1) is 10.3. The molecule has 2 N–H and O–H groups in total. The van der Waals surface area contributed by atoms with Gasteiger partial charge in [-0.15, -0.1) is 20.4 Å². The molecule has 0 atom stereocenters. The summed E-state index contributed by atoms with van der Waals surface area (Å²) in [4.78, 5) is 0. The van der Waals surface area contributed by atoms with E-state index in [1.807, 2.05) is 41.9 Å². The first kappa shape index (κ1) is 13.8. The molecule has 0 spiro atoms. The fourth-order valence-electron chi connectivity index (χ4n) is 1.78. The van der Waals surface area contributed by atoms with Gasteiger partial charge in [0.05, 0.1) is 12.3 Å². The molecule has 0 aliphatic carbocycles. The van der Waals surface area contributed by atoms with Crippen LogP contribution in [0.4, 0.5) is 0 Å². The van der Waals surface area contributed by atoms with Gasteiger partial charge in [-0.2, -0.15) is 0 Å². The van der Waals surface area contributed by atoms with Gasteiger partial charge in [-0.25, -0.2) is 0 Å². The van der Waals surface area contributed by atoms with Crippen LogP contribution in [-0.2, 0) is 19.3 Å². The van der Waals surface area contributed by atoms with Gasteiger partial charge in [-0.3, -0.25) is 0 Å². The Labute approximate surface area is 125 Å². The van der Waals surface area contributed by atoms with Crippen molar-refractivity contribution in [2.75, 3.05) is 0 Å². The van der Waals surface area contributed by atoms with Crippen LogP contribution in [0.5, 0.6) is 0 Å². The fraction of sp³-hybridized carbons (Fsp3) is 0.231. The van der Waals surface area contributed by atoms with Crippen LogP contribution in [0.15, 0.2) is 39.9 Å². The minimum absolute atomic E-state index is 0.364. The summed E-state index contributed by atoms with van der Waals surface area (Å²) < 4.78 is 7.50. The van der Waals surface area contributed by atoms with Crippen molar-refractivity contribution in [1.29, 1.82) is 0 Å². The molecule has 2 aromatic heterocycles. The van der Waals surface area contributed by atoms with Crippen molar-refractivity contribution >= 4 is 11.8 Å². The zero-order chi connectivity index (χ0) is 14.7. The third-order valence-electron chi connectivity index (χ3n) is 2.92. The van der Waals surface area contributed by atoms with Crippen molar-refractivity contribution in [2.45, 2.75) is 17.5 Å². The number of hydrogen-bond donors (Lipinski definition) is 1. The second-order valence-electron chi connectivity index (χ2n) is 4.32. The van der Waals surface area contributed by atoms with Gasteiger partial charge in [-0.05, 0) is 12.1 Å². The van der Waals surface area contributed by atoms with Gasteiger partial charge in [0.15, 0.2) is 5.16 Å². The molecule has 0 aliphatic rings. The topological polar surface area (TPSA) is 95.7 Å². The van der Waals surface area contributed by atoms with Gasteiger partial charge in [0, 0.05) is 12.6 Å². The summed E-state index contributed by atoms with van der Waals surface area (Å²) in [5.41, 5.74) is 6.47. The van der Waals surface area contributed by atoms with Crippen LogP contribution in [-0.4, -0.2) is 25.0 Å². The Morgan fingerprint density at radius 3 is 2.67 bits per heavy atom. The van der Waals surface area contributed by atoms with Crippen LogP contribution in [0.25, 0.3) is 11.5 Å². The standard InChI is InChI=1S/C13H14N6OS/c1-19-10(7-14)15-18-13(19)21-8-11-16-17-12(20-11)9-5-3-2-4-6-9/h2-6H,7-8,14H2,1H3. The second kappa shape index (κ2) is 6.06. The molecule has 3 aromatic rings. The maximum Gasteiger partial charge on any atom is 0.247 e. The van der Waals surface area contributed by atoms with E-state index in [0.29, 0.717) is 24.1 Å². The van der Waals surface area contributed by atoms with E-state index in [1.165, 1.54) is 11.8 Å². The zero-order valence-corrected chi connectivity index (χ0v) is 12.2. The summed E-state index contributed by atoms with van der Waals surface area (Å²) in [6.45, 7) is 0.364. The molecule has 0 fully saturated rings. The molecular formula is C13H14N6OS. The van der Waals surface area contributed by atoms with E-state index in [2.05, 4.69) is 20.4 Å². The van der Waals surface area contributed by atoms with Crippen molar-refractivity contribution in [2.24, 2.45) is 12.8 Å². The highest BCUT2D eigenvalue weighted by atomic mass is 32.2. The Bertz CT molecular complexity index is 723. The molecule has 21 heavy (non-hydrogen) atoms. The van der Waals surface area contributed by atoms with Gasteiger partial charge in [0.2, 0.25) is 11.8 Å². The highest BCUT2D eigenvalue weighted by Crippen LogP contribution is 2.23. The lowest BCUT2D eigenvalue weighted by molar-refractivity contribution is 0.528. The maximum absolute atomic E-state index is 5.64. The van der Waals surface area contributed by atoms with Crippen LogP contribution in [0, 0.1) is 0 Å². The minimum atomic E-state index is 0.364. The van der Waals surface area contributed by atoms with E-state index < -0.39 is 0 Å². The summed E-state index contributed by atoms with van der Waals surface area (Å²) in [5.74, 6) is 2.35. The second-order valence-corrected chi connectivity index (χ2v) is 5.26. The van der Waals surface area contributed by atoms with Gasteiger partial charge in [0.25, 0.3) is 0 Å². The molecule has 0 saturated carbocycles. The molecule has 0 unspecified atom stereocenters.